The van der Waals surface area contributed by atoms with Gasteiger partial charge in [0.1, 0.15) is 17.5 Å². The summed E-state index contributed by atoms with van der Waals surface area (Å²) in [5, 5.41) is 0. The Hall–Kier alpha value is -2.71. The smallest absolute Gasteiger partial charge is 0.346 e. The molecule has 0 radical (unpaired) electrons. The summed E-state index contributed by atoms with van der Waals surface area (Å²) in [6.07, 6.45) is -3.45. The number of anilines is 1. The third-order valence-corrected chi connectivity index (χ3v) is 4.09. The lowest BCUT2D eigenvalue weighted by Crippen LogP contribution is -2.50. The van der Waals surface area contributed by atoms with Gasteiger partial charge in [0.15, 0.2) is 0 Å². The number of aromatic nitrogens is 1. The van der Waals surface area contributed by atoms with Gasteiger partial charge in [0, 0.05) is 37.5 Å². The Kier molecular flexibility index (Phi) is 4.80. The molecule has 138 valence electrons. The molecule has 1 aromatic heterocycles. The number of alkyl halides is 3. The molecule has 0 aliphatic carbocycles. The van der Waals surface area contributed by atoms with E-state index in [-0.39, 0.29) is 43.5 Å². The summed E-state index contributed by atoms with van der Waals surface area (Å²) in [6.45, 7) is 0.238. The van der Waals surface area contributed by atoms with Crippen molar-refractivity contribution in [1.29, 1.82) is 0 Å². The fourth-order valence-corrected chi connectivity index (χ4v) is 2.69. The van der Waals surface area contributed by atoms with Crippen molar-refractivity contribution in [3.63, 3.8) is 0 Å². The Morgan fingerprint density at radius 1 is 1.08 bits per heavy atom. The molecular formula is C17H14F5N3O. The van der Waals surface area contributed by atoms with Crippen LogP contribution in [0.3, 0.4) is 0 Å². The van der Waals surface area contributed by atoms with Gasteiger partial charge in [-0.3, -0.25) is 4.79 Å². The zero-order valence-electron chi connectivity index (χ0n) is 13.4. The highest BCUT2D eigenvalue weighted by molar-refractivity contribution is 5.82. The maximum atomic E-state index is 13.7. The number of pyridine rings is 1. The Morgan fingerprint density at radius 2 is 1.85 bits per heavy atom. The molecule has 0 N–H and O–H groups in total. The van der Waals surface area contributed by atoms with Gasteiger partial charge < -0.3 is 9.80 Å². The highest BCUT2D eigenvalue weighted by Gasteiger charge is 2.32. The van der Waals surface area contributed by atoms with Gasteiger partial charge in [0.05, 0.1) is 12.1 Å². The summed E-state index contributed by atoms with van der Waals surface area (Å²) in [5.41, 5.74) is -0.670. The quantitative estimate of drug-likeness (QED) is 0.778. The van der Waals surface area contributed by atoms with Crippen LogP contribution in [0, 0.1) is 11.6 Å². The van der Waals surface area contributed by atoms with Gasteiger partial charge in [-0.2, -0.15) is 13.2 Å². The number of amides is 1. The number of carbonyl (C=O) groups is 1. The molecule has 0 unspecified atom stereocenters. The van der Waals surface area contributed by atoms with E-state index in [1.807, 2.05) is 0 Å². The summed E-state index contributed by atoms with van der Waals surface area (Å²) >= 11 is 0. The minimum atomic E-state index is -4.50. The van der Waals surface area contributed by atoms with E-state index in [1.54, 1.807) is 0 Å². The van der Waals surface area contributed by atoms with Crippen LogP contribution >= 0.6 is 0 Å². The highest BCUT2D eigenvalue weighted by atomic mass is 19.4. The van der Waals surface area contributed by atoms with Crippen LogP contribution in [0.2, 0.25) is 0 Å². The minimum absolute atomic E-state index is 0.0329. The number of benzene rings is 1. The number of nitrogens with zero attached hydrogens (tertiary/aromatic N) is 3. The van der Waals surface area contributed by atoms with Crippen molar-refractivity contribution in [3.05, 3.63) is 59.3 Å². The van der Waals surface area contributed by atoms with E-state index in [4.69, 9.17) is 0 Å². The van der Waals surface area contributed by atoms with Gasteiger partial charge in [-0.05, 0) is 18.2 Å². The third-order valence-electron chi connectivity index (χ3n) is 4.09. The van der Waals surface area contributed by atoms with Gasteiger partial charge in [-0.25, -0.2) is 13.8 Å². The third kappa shape index (κ3) is 3.92. The molecular weight excluding hydrogens is 357 g/mol. The van der Waals surface area contributed by atoms with Crippen molar-refractivity contribution < 1.29 is 26.7 Å². The van der Waals surface area contributed by atoms with Crippen molar-refractivity contribution in [3.8, 4) is 0 Å². The summed E-state index contributed by atoms with van der Waals surface area (Å²) in [7, 11) is 0. The fourth-order valence-electron chi connectivity index (χ4n) is 2.69. The SMILES string of the molecule is O=C1CN(c2cc(C(F)(F)F)ccn2)CCN1Cc1ccc(F)cc1F. The van der Waals surface area contributed by atoms with E-state index in [2.05, 4.69) is 4.98 Å². The fraction of sp³-hybridized carbons (Fsp3) is 0.294. The van der Waals surface area contributed by atoms with Gasteiger partial charge in [-0.15, -0.1) is 0 Å². The number of hydrogen-bond donors (Lipinski definition) is 0. The van der Waals surface area contributed by atoms with Crippen molar-refractivity contribution in [2.45, 2.75) is 12.7 Å². The average molecular weight is 371 g/mol. The summed E-state index contributed by atoms with van der Waals surface area (Å²) in [5.74, 6) is -1.78. The van der Waals surface area contributed by atoms with Gasteiger partial charge in [0.25, 0.3) is 0 Å². The van der Waals surface area contributed by atoms with Crippen molar-refractivity contribution >= 4 is 11.7 Å². The standard InChI is InChI=1S/C17H14F5N3O/c18-13-2-1-11(14(19)8-13)9-25-6-5-24(10-16(25)26)15-7-12(3-4-23-15)17(20,21)22/h1-4,7-8H,5-6,9-10H2. The molecule has 1 aliphatic rings. The first kappa shape index (κ1) is 18.1. The molecule has 9 heteroatoms. The first-order valence-electron chi connectivity index (χ1n) is 7.74. The van der Waals surface area contributed by atoms with Crippen LogP contribution < -0.4 is 4.90 Å². The summed E-state index contributed by atoms with van der Waals surface area (Å²) < 4.78 is 65.1. The van der Waals surface area contributed by atoms with Crippen LogP contribution in [0.1, 0.15) is 11.1 Å². The molecule has 1 saturated heterocycles. The number of rotatable bonds is 3. The predicted octanol–water partition coefficient (Wildman–Crippen LogP) is 3.23. The lowest BCUT2D eigenvalue weighted by Gasteiger charge is -2.35. The largest absolute Gasteiger partial charge is 0.416 e. The number of halogens is 5. The molecule has 1 fully saturated rings. The maximum Gasteiger partial charge on any atom is 0.416 e. The van der Waals surface area contributed by atoms with Crippen LogP contribution in [0.4, 0.5) is 27.8 Å². The van der Waals surface area contributed by atoms with Crippen molar-refractivity contribution in [1.82, 2.24) is 9.88 Å². The molecule has 0 atom stereocenters. The topological polar surface area (TPSA) is 36.4 Å². The Bertz CT molecular complexity index is 824. The average Bonchev–Trinajstić information content (AvgIpc) is 2.58. The van der Waals surface area contributed by atoms with Crippen LogP contribution in [-0.4, -0.2) is 35.4 Å². The van der Waals surface area contributed by atoms with Crippen molar-refractivity contribution in [2.75, 3.05) is 24.5 Å². The van der Waals surface area contributed by atoms with E-state index < -0.39 is 23.4 Å². The molecule has 0 spiro atoms. The van der Waals surface area contributed by atoms with Crippen LogP contribution in [-0.2, 0) is 17.5 Å². The molecule has 4 nitrogen and oxygen atoms in total. The van der Waals surface area contributed by atoms with E-state index in [9.17, 15) is 26.7 Å². The van der Waals surface area contributed by atoms with E-state index in [0.717, 1.165) is 30.5 Å². The summed E-state index contributed by atoms with van der Waals surface area (Å²) in [4.78, 5) is 19.0. The lowest BCUT2D eigenvalue weighted by molar-refractivity contribution is -0.137. The zero-order valence-corrected chi connectivity index (χ0v) is 13.4. The Balaban J connectivity index is 1.70. The molecule has 2 aromatic rings. The molecule has 0 bridgehead atoms. The summed E-state index contributed by atoms with van der Waals surface area (Å²) in [6, 6.07) is 4.86. The second-order valence-electron chi connectivity index (χ2n) is 5.87. The molecule has 2 heterocycles. The first-order chi connectivity index (χ1) is 12.2. The van der Waals surface area contributed by atoms with Crippen LogP contribution in [0.25, 0.3) is 0 Å². The molecule has 1 aromatic carbocycles. The number of piperazine rings is 1. The second-order valence-corrected chi connectivity index (χ2v) is 5.87. The normalized spacial score (nSPS) is 15.5. The van der Waals surface area contributed by atoms with Gasteiger partial charge >= 0.3 is 6.18 Å². The Labute approximate surface area is 145 Å². The highest BCUT2D eigenvalue weighted by Crippen LogP contribution is 2.31. The van der Waals surface area contributed by atoms with E-state index in [1.165, 1.54) is 15.9 Å². The number of carbonyl (C=O) groups excluding carboxylic acids is 1. The minimum Gasteiger partial charge on any atom is -0.346 e. The predicted molar refractivity (Wildman–Crippen MR) is 83.2 cm³/mol. The zero-order chi connectivity index (χ0) is 18.9. The monoisotopic (exact) mass is 371 g/mol. The van der Waals surface area contributed by atoms with E-state index >= 15 is 0 Å². The van der Waals surface area contributed by atoms with Crippen molar-refractivity contribution in [2.24, 2.45) is 0 Å². The van der Waals surface area contributed by atoms with Gasteiger partial charge in [0.2, 0.25) is 5.91 Å². The molecule has 1 amide bonds. The molecule has 3 rings (SSSR count). The Morgan fingerprint density at radius 3 is 2.50 bits per heavy atom. The lowest BCUT2D eigenvalue weighted by atomic mass is 10.1. The van der Waals surface area contributed by atoms with Crippen LogP contribution in [0.15, 0.2) is 36.5 Å². The molecule has 26 heavy (non-hydrogen) atoms. The van der Waals surface area contributed by atoms with Crippen LogP contribution in [0.5, 0.6) is 0 Å². The molecule has 0 saturated carbocycles. The maximum absolute atomic E-state index is 13.7. The first-order valence-corrected chi connectivity index (χ1v) is 7.74. The second kappa shape index (κ2) is 6.89. The number of hydrogen-bond acceptors (Lipinski definition) is 3. The molecule has 1 aliphatic heterocycles. The van der Waals surface area contributed by atoms with E-state index in [0.29, 0.717) is 0 Å². The van der Waals surface area contributed by atoms with Gasteiger partial charge in [-0.1, -0.05) is 6.07 Å².